The van der Waals surface area contributed by atoms with Gasteiger partial charge >= 0.3 is 0 Å². The van der Waals surface area contributed by atoms with E-state index in [9.17, 15) is 5.11 Å². The van der Waals surface area contributed by atoms with Gasteiger partial charge in [-0.3, -0.25) is 9.89 Å². The van der Waals surface area contributed by atoms with Crippen molar-refractivity contribution in [2.75, 3.05) is 58.9 Å². The molecule has 1 aromatic rings. The topological polar surface area (TPSA) is 63.1 Å². The third-order valence-corrected chi connectivity index (χ3v) is 4.83. The Hall–Kier alpha value is -0.900. The quantitative estimate of drug-likeness (QED) is 0.281. The van der Waals surface area contributed by atoms with Crippen molar-refractivity contribution in [2.24, 2.45) is 4.99 Å². The average Bonchev–Trinajstić information content (AvgIpc) is 2.69. The first kappa shape index (κ1) is 24.1. The van der Waals surface area contributed by atoms with Crippen LogP contribution in [0.1, 0.15) is 31.9 Å². The number of aliphatic hydroxyl groups is 1. The molecule has 0 spiro atoms. The van der Waals surface area contributed by atoms with Crippen LogP contribution in [0.2, 0.25) is 0 Å². The molecule has 0 aromatic heterocycles. The van der Waals surface area contributed by atoms with Crippen molar-refractivity contribution >= 4 is 29.9 Å². The second kappa shape index (κ2) is 14.1. The van der Waals surface area contributed by atoms with Crippen LogP contribution in [0.4, 0.5) is 0 Å². The van der Waals surface area contributed by atoms with Crippen LogP contribution in [0, 0.1) is 0 Å². The van der Waals surface area contributed by atoms with Crippen LogP contribution in [0.5, 0.6) is 0 Å². The highest BCUT2D eigenvalue weighted by molar-refractivity contribution is 14.0. The Morgan fingerprint density at radius 1 is 1.07 bits per heavy atom. The SMILES string of the molecule is CCNC(=NCCC(O)c1ccccc1)NCCN1CCN(CC)CC1.I. The Morgan fingerprint density at radius 3 is 2.37 bits per heavy atom. The van der Waals surface area contributed by atoms with Crippen LogP contribution in [0.3, 0.4) is 0 Å². The van der Waals surface area contributed by atoms with Gasteiger partial charge in [-0.25, -0.2) is 0 Å². The lowest BCUT2D eigenvalue weighted by atomic mass is 10.1. The molecule has 7 heteroatoms. The van der Waals surface area contributed by atoms with Crippen LogP contribution in [-0.4, -0.2) is 79.8 Å². The largest absolute Gasteiger partial charge is 0.388 e. The number of nitrogens with one attached hydrogen (secondary N) is 2. The Morgan fingerprint density at radius 2 is 1.74 bits per heavy atom. The molecule has 1 fully saturated rings. The maximum atomic E-state index is 10.2. The lowest BCUT2D eigenvalue weighted by molar-refractivity contribution is 0.139. The standard InChI is InChI=1S/C20H35N5O.HI/c1-3-21-20(22-11-10-19(26)18-8-6-5-7-9-18)23-12-13-25-16-14-24(4-2)15-17-25;/h5-9,19,26H,3-4,10-17H2,1-2H3,(H2,21,22,23);1H. The average molecular weight is 489 g/mol. The van der Waals surface area contributed by atoms with E-state index in [0.717, 1.165) is 50.8 Å². The first-order valence-electron chi connectivity index (χ1n) is 9.92. The molecule has 1 heterocycles. The van der Waals surface area contributed by atoms with E-state index in [1.165, 1.54) is 13.1 Å². The number of hydrogen-bond acceptors (Lipinski definition) is 4. The number of aliphatic imine (C=N–C) groups is 1. The van der Waals surface area contributed by atoms with Crippen molar-refractivity contribution in [3.8, 4) is 0 Å². The van der Waals surface area contributed by atoms with Crippen molar-refractivity contribution < 1.29 is 5.11 Å². The van der Waals surface area contributed by atoms with Gasteiger partial charge in [0.2, 0.25) is 0 Å². The summed E-state index contributed by atoms with van der Waals surface area (Å²) in [7, 11) is 0. The highest BCUT2D eigenvalue weighted by Crippen LogP contribution is 2.15. The second-order valence-electron chi connectivity index (χ2n) is 6.68. The molecule has 27 heavy (non-hydrogen) atoms. The second-order valence-corrected chi connectivity index (χ2v) is 6.68. The minimum Gasteiger partial charge on any atom is -0.388 e. The molecule has 1 atom stereocenters. The molecule has 1 aromatic carbocycles. The summed E-state index contributed by atoms with van der Waals surface area (Å²) in [6.07, 6.45) is 0.164. The zero-order valence-electron chi connectivity index (χ0n) is 16.7. The van der Waals surface area contributed by atoms with Crippen molar-refractivity contribution in [3.63, 3.8) is 0 Å². The van der Waals surface area contributed by atoms with E-state index in [1.54, 1.807) is 0 Å². The maximum Gasteiger partial charge on any atom is 0.191 e. The van der Waals surface area contributed by atoms with Gasteiger partial charge in [0, 0.05) is 52.4 Å². The number of piperazine rings is 1. The smallest absolute Gasteiger partial charge is 0.191 e. The molecule has 2 rings (SSSR count). The van der Waals surface area contributed by atoms with Gasteiger partial charge in [-0.2, -0.15) is 0 Å². The molecule has 1 aliphatic heterocycles. The molecule has 0 amide bonds. The molecule has 1 saturated heterocycles. The fourth-order valence-corrected chi connectivity index (χ4v) is 3.14. The number of hydrogen-bond donors (Lipinski definition) is 3. The maximum absolute atomic E-state index is 10.2. The zero-order valence-corrected chi connectivity index (χ0v) is 19.1. The molecule has 0 radical (unpaired) electrons. The third-order valence-electron chi connectivity index (χ3n) is 4.83. The number of likely N-dealkylation sites (N-methyl/N-ethyl adjacent to an activating group) is 1. The fraction of sp³-hybridized carbons (Fsp3) is 0.650. The number of aliphatic hydroxyl groups excluding tert-OH is 1. The van der Waals surface area contributed by atoms with Gasteiger partial charge in [0.25, 0.3) is 0 Å². The lowest BCUT2D eigenvalue weighted by Crippen LogP contribution is -2.49. The Kier molecular flexibility index (Phi) is 12.6. The van der Waals surface area contributed by atoms with E-state index >= 15 is 0 Å². The van der Waals surface area contributed by atoms with Crippen molar-refractivity contribution in [1.82, 2.24) is 20.4 Å². The highest BCUT2D eigenvalue weighted by atomic mass is 127. The summed E-state index contributed by atoms with van der Waals surface area (Å²) in [6, 6.07) is 9.78. The van der Waals surface area contributed by atoms with E-state index in [0.29, 0.717) is 13.0 Å². The summed E-state index contributed by atoms with van der Waals surface area (Å²) < 4.78 is 0. The predicted molar refractivity (Wildman–Crippen MR) is 124 cm³/mol. The van der Waals surface area contributed by atoms with Crippen molar-refractivity contribution in [3.05, 3.63) is 35.9 Å². The lowest BCUT2D eigenvalue weighted by Gasteiger charge is -2.34. The van der Waals surface area contributed by atoms with Crippen LogP contribution < -0.4 is 10.6 Å². The van der Waals surface area contributed by atoms with Crippen LogP contribution in [0.15, 0.2) is 35.3 Å². The Balaban J connectivity index is 0.00000364. The minimum absolute atomic E-state index is 0. The minimum atomic E-state index is -0.460. The van der Waals surface area contributed by atoms with E-state index in [2.05, 4.69) is 39.3 Å². The molecule has 6 nitrogen and oxygen atoms in total. The first-order valence-corrected chi connectivity index (χ1v) is 9.92. The van der Waals surface area contributed by atoms with Gasteiger partial charge in [0.05, 0.1) is 6.10 Å². The van der Waals surface area contributed by atoms with E-state index in [1.807, 2.05) is 30.3 Å². The van der Waals surface area contributed by atoms with E-state index < -0.39 is 6.10 Å². The number of guanidine groups is 1. The van der Waals surface area contributed by atoms with E-state index in [4.69, 9.17) is 0 Å². The molecule has 3 N–H and O–H groups in total. The number of benzene rings is 1. The van der Waals surface area contributed by atoms with Gasteiger partial charge in [0.15, 0.2) is 5.96 Å². The summed E-state index contributed by atoms with van der Waals surface area (Å²) in [4.78, 5) is 9.59. The number of nitrogens with zero attached hydrogens (tertiary/aromatic N) is 3. The normalized spacial score (nSPS) is 17.2. The van der Waals surface area contributed by atoms with Crippen molar-refractivity contribution in [2.45, 2.75) is 26.4 Å². The summed E-state index contributed by atoms with van der Waals surface area (Å²) in [6.45, 7) is 13.4. The first-order chi connectivity index (χ1) is 12.7. The van der Waals surface area contributed by atoms with Gasteiger partial charge in [-0.1, -0.05) is 37.3 Å². The van der Waals surface area contributed by atoms with Crippen LogP contribution >= 0.6 is 24.0 Å². The predicted octanol–water partition coefficient (Wildman–Crippen LogP) is 1.92. The van der Waals surface area contributed by atoms with Gasteiger partial charge in [-0.15, -0.1) is 24.0 Å². The summed E-state index contributed by atoms with van der Waals surface area (Å²) in [5, 5.41) is 16.9. The Labute approximate surface area is 181 Å². The van der Waals surface area contributed by atoms with Crippen LogP contribution in [0.25, 0.3) is 0 Å². The summed E-state index contributed by atoms with van der Waals surface area (Å²) >= 11 is 0. The molecule has 1 unspecified atom stereocenters. The van der Waals surface area contributed by atoms with Crippen LogP contribution in [-0.2, 0) is 0 Å². The van der Waals surface area contributed by atoms with Gasteiger partial charge in [0.1, 0.15) is 0 Å². The van der Waals surface area contributed by atoms with E-state index in [-0.39, 0.29) is 24.0 Å². The molecule has 154 valence electrons. The molecule has 0 bridgehead atoms. The monoisotopic (exact) mass is 489 g/mol. The van der Waals surface area contributed by atoms with Gasteiger partial charge < -0.3 is 20.6 Å². The van der Waals surface area contributed by atoms with Gasteiger partial charge in [-0.05, 0) is 25.5 Å². The highest BCUT2D eigenvalue weighted by Gasteiger charge is 2.14. The summed E-state index contributed by atoms with van der Waals surface area (Å²) in [5.74, 6) is 0.833. The number of halogens is 1. The molecular formula is C20H36IN5O. The number of rotatable bonds is 9. The summed E-state index contributed by atoms with van der Waals surface area (Å²) in [5.41, 5.74) is 0.951. The molecule has 1 aliphatic rings. The molecule has 0 aliphatic carbocycles. The molecule has 0 saturated carbocycles. The fourth-order valence-electron chi connectivity index (χ4n) is 3.14. The van der Waals surface area contributed by atoms with Crippen molar-refractivity contribution in [1.29, 1.82) is 0 Å². The molecular weight excluding hydrogens is 453 g/mol. The zero-order chi connectivity index (χ0) is 18.6. The third kappa shape index (κ3) is 9.23. The Bertz CT molecular complexity index is 520.